The fourth-order valence-corrected chi connectivity index (χ4v) is 5.17. The van der Waals surface area contributed by atoms with Crippen LogP contribution in [0.5, 0.6) is 0 Å². The van der Waals surface area contributed by atoms with E-state index < -0.39 is 16.0 Å². The Kier molecular flexibility index (Phi) is 5.35. The van der Waals surface area contributed by atoms with Crippen LogP contribution in [-0.2, 0) is 21.3 Å². The highest BCUT2D eigenvalue weighted by Crippen LogP contribution is 2.22. The second kappa shape index (κ2) is 7.94. The van der Waals surface area contributed by atoms with Crippen molar-refractivity contribution in [1.29, 1.82) is 0 Å². The van der Waals surface area contributed by atoms with Crippen molar-refractivity contribution in [3.63, 3.8) is 0 Å². The van der Waals surface area contributed by atoms with Crippen LogP contribution < -0.4 is 0 Å². The normalized spacial score (nSPS) is 16.2. The maximum absolute atomic E-state index is 13.1. The molecule has 3 aromatic rings. The number of nitrogens with zero attached hydrogens (tertiary/aromatic N) is 4. The number of benzene rings is 1. The zero-order chi connectivity index (χ0) is 20.4. The highest BCUT2D eigenvalue weighted by Gasteiger charge is 2.31. The number of methoxy groups -OCH3 is 1. The molecular weight excluding hydrogens is 392 g/mol. The minimum Gasteiger partial charge on any atom is -0.465 e. The average molecular weight is 414 g/mol. The molecule has 0 amide bonds. The molecule has 3 heterocycles. The first-order valence-corrected chi connectivity index (χ1v) is 10.8. The lowest BCUT2D eigenvalue weighted by Gasteiger charge is -2.34. The third kappa shape index (κ3) is 3.76. The number of piperazine rings is 1. The van der Waals surface area contributed by atoms with Crippen molar-refractivity contribution >= 4 is 21.6 Å². The minimum atomic E-state index is -3.78. The molecule has 2 aromatic heterocycles. The molecular formula is C20H22N4O4S. The van der Waals surface area contributed by atoms with Gasteiger partial charge in [-0.3, -0.25) is 4.90 Å². The number of ether oxygens (including phenoxy) is 1. The van der Waals surface area contributed by atoms with Crippen LogP contribution in [-0.4, -0.2) is 66.3 Å². The van der Waals surface area contributed by atoms with Crippen LogP contribution in [0.1, 0.15) is 16.1 Å². The first-order valence-electron chi connectivity index (χ1n) is 9.31. The molecule has 1 aliphatic heterocycles. The summed E-state index contributed by atoms with van der Waals surface area (Å²) in [7, 11) is -2.54. The lowest BCUT2D eigenvalue weighted by Crippen LogP contribution is -2.48. The molecule has 1 fully saturated rings. The van der Waals surface area contributed by atoms with Crippen LogP contribution in [0, 0.1) is 0 Å². The van der Waals surface area contributed by atoms with E-state index in [1.807, 2.05) is 35.0 Å². The van der Waals surface area contributed by atoms with Crippen LogP contribution in [0.25, 0.3) is 5.65 Å². The number of carbonyl (C=O) groups is 1. The molecule has 1 aliphatic rings. The monoisotopic (exact) mass is 414 g/mol. The average Bonchev–Trinajstić information content (AvgIpc) is 3.16. The predicted molar refractivity (Wildman–Crippen MR) is 107 cm³/mol. The van der Waals surface area contributed by atoms with Crippen molar-refractivity contribution in [2.75, 3.05) is 33.3 Å². The van der Waals surface area contributed by atoms with Crippen molar-refractivity contribution in [2.24, 2.45) is 0 Å². The van der Waals surface area contributed by atoms with E-state index in [0.29, 0.717) is 32.7 Å². The molecule has 0 bridgehead atoms. The van der Waals surface area contributed by atoms with Crippen LogP contribution in [0.2, 0.25) is 0 Å². The molecule has 9 heteroatoms. The highest BCUT2D eigenvalue weighted by molar-refractivity contribution is 7.89. The van der Waals surface area contributed by atoms with E-state index in [0.717, 1.165) is 11.3 Å². The van der Waals surface area contributed by atoms with Gasteiger partial charge in [-0.2, -0.15) is 4.31 Å². The minimum absolute atomic E-state index is 0.0120. The zero-order valence-electron chi connectivity index (χ0n) is 16.1. The maximum atomic E-state index is 13.1. The van der Waals surface area contributed by atoms with Crippen molar-refractivity contribution in [2.45, 2.75) is 11.4 Å². The molecule has 0 aliphatic carbocycles. The Morgan fingerprint density at radius 1 is 1.07 bits per heavy atom. The summed E-state index contributed by atoms with van der Waals surface area (Å²) in [6, 6.07) is 12.0. The summed E-state index contributed by atoms with van der Waals surface area (Å²) < 4.78 is 34.4. The van der Waals surface area contributed by atoms with Crippen molar-refractivity contribution < 1.29 is 17.9 Å². The molecule has 0 spiro atoms. The van der Waals surface area contributed by atoms with Gasteiger partial charge in [-0.05, 0) is 24.3 Å². The van der Waals surface area contributed by atoms with Gasteiger partial charge in [0.1, 0.15) is 5.65 Å². The Bertz CT molecular complexity index is 1130. The molecule has 0 atom stereocenters. The third-order valence-corrected chi connectivity index (χ3v) is 7.08. The third-order valence-electron chi connectivity index (χ3n) is 5.12. The van der Waals surface area contributed by atoms with E-state index in [9.17, 15) is 13.2 Å². The molecule has 0 radical (unpaired) electrons. The first-order chi connectivity index (χ1) is 14.0. The highest BCUT2D eigenvalue weighted by atomic mass is 32.2. The molecule has 1 saturated heterocycles. The molecule has 0 N–H and O–H groups in total. The molecule has 0 saturated carbocycles. The van der Waals surface area contributed by atoms with Gasteiger partial charge < -0.3 is 9.14 Å². The van der Waals surface area contributed by atoms with E-state index in [4.69, 9.17) is 4.74 Å². The number of hydrogen-bond acceptors (Lipinski definition) is 6. The second-order valence-corrected chi connectivity index (χ2v) is 8.75. The Labute approximate surface area is 169 Å². The molecule has 29 heavy (non-hydrogen) atoms. The number of rotatable bonds is 5. The van der Waals surface area contributed by atoms with E-state index in [-0.39, 0.29) is 10.5 Å². The SMILES string of the molecule is COC(=O)c1ccccc1S(=O)(=O)N1CCN(Cc2cnc3ccccn23)CC1. The molecule has 4 rings (SSSR count). The Morgan fingerprint density at radius 3 is 2.55 bits per heavy atom. The van der Waals surface area contributed by atoms with Gasteiger partial charge in [-0.25, -0.2) is 18.2 Å². The predicted octanol–water partition coefficient (Wildman–Crippen LogP) is 1.63. The number of esters is 1. The van der Waals surface area contributed by atoms with Gasteiger partial charge >= 0.3 is 5.97 Å². The Hall–Kier alpha value is -2.75. The van der Waals surface area contributed by atoms with Crippen molar-refractivity contribution in [1.82, 2.24) is 18.6 Å². The first kappa shape index (κ1) is 19.6. The van der Waals surface area contributed by atoms with Crippen LogP contribution in [0.15, 0.2) is 59.8 Å². The summed E-state index contributed by atoms with van der Waals surface area (Å²) in [5.41, 5.74) is 2.01. The summed E-state index contributed by atoms with van der Waals surface area (Å²) >= 11 is 0. The Morgan fingerprint density at radius 2 is 1.79 bits per heavy atom. The van der Waals surface area contributed by atoms with Gasteiger partial charge in [0.05, 0.1) is 29.5 Å². The van der Waals surface area contributed by atoms with Gasteiger partial charge in [-0.15, -0.1) is 0 Å². The number of carbonyl (C=O) groups excluding carboxylic acids is 1. The smallest absolute Gasteiger partial charge is 0.339 e. The summed E-state index contributed by atoms with van der Waals surface area (Å²) in [6.45, 7) is 2.60. The van der Waals surface area contributed by atoms with Crippen LogP contribution >= 0.6 is 0 Å². The van der Waals surface area contributed by atoms with Crippen molar-refractivity contribution in [3.05, 3.63) is 66.1 Å². The summed E-state index contributed by atoms with van der Waals surface area (Å²) in [5, 5.41) is 0. The number of imidazole rings is 1. The number of sulfonamides is 1. The van der Waals surface area contributed by atoms with E-state index >= 15 is 0 Å². The Balaban J connectivity index is 1.47. The molecule has 8 nitrogen and oxygen atoms in total. The van der Waals surface area contributed by atoms with Gasteiger partial charge in [0, 0.05) is 38.9 Å². The fourth-order valence-electron chi connectivity index (χ4n) is 3.57. The summed E-state index contributed by atoms with van der Waals surface area (Å²) in [4.78, 5) is 18.6. The lowest BCUT2D eigenvalue weighted by atomic mass is 10.2. The van der Waals surface area contributed by atoms with E-state index in [1.54, 1.807) is 12.1 Å². The van der Waals surface area contributed by atoms with Crippen LogP contribution in [0.3, 0.4) is 0 Å². The van der Waals surface area contributed by atoms with Gasteiger partial charge in [-0.1, -0.05) is 18.2 Å². The van der Waals surface area contributed by atoms with Gasteiger partial charge in [0.2, 0.25) is 10.0 Å². The topological polar surface area (TPSA) is 84.2 Å². The number of hydrogen-bond donors (Lipinski definition) is 0. The maximum Gasteiger partial charge on any atom is 0.339 e. The molecule has 152 valence electrons. The zero-order valence-corrected chi connectivity index (χ0v) is 16.9. The largest absolute Gasteiger partial charge is 0.465 e. The van der Waals surface area contributed by atoms with E-state index in [1.165, 1.54) is 23.5 Å². The summed E-state index contributed by atoms with van der Waals surface area (Å²) in [6.07, 6.45) is 3.83. The van der Waals surface area contributed by atoms with Crippen molar-refractivity contribution in [3.8, 4) is 0 Å². The van der Waals surface area contributed by atoms with Gasteiger partial charge in [0.15, 0.2) is 0 Å². The fraction of sp³-hybridized carbons (Fsp3) is 0.300. The summed E-state index contributed by atoms with van der Waals surface area (Å²) in [5.74, 6) is -0.657. The number of aromatic nitrogens is 2. The van der Waals surface area contributed by atoms with Gasteiger partial charge in [0.25, 0.3) is 0 Å². The van der Waals surface area contributed by atoms with Crippen LogP contribution in [0.4, 0.5) is 0 Å². The number of pyridine rings is 1. The van der Waals surface area contributed by atoms with E-state index in [2.05, 4.69) is 9.88 Å². The number of fused-ring (bicyclic) bond motifs is 1. The standard InChI is InChI=1S/C20H22N4O4S/c1-28-20(25)17-6-2-3-7-18(17)29(26,27)23-12-10-22(11-13-23)15-16-14-21-19-8-4-5-9-24(16)19/h2-9,14H,10-13,15H2,1H3. The molecule has 0 unspecified atom stereocenters. The molecule has 1 aromatic carbocycles. The quantitative estimate of drug-likeness (QED) is 0.590. The lowest BCUT2D eigenvalue weighted by molar-refractivity contribution is 0.0596. The second-order valence-electron chi connectivity index (χ2n) is 6.85.